The number of carbonyl (C=O) groups is 1. The van der Waals surface area contributed by atoms with E-state index in [1.165, 1.54) is 6.07 Å². The molecule has 1 fully saturated rings. The Morgan fingerprint density at radius 1 is 1.43 bits per heavy atom. The van der Waals surface area contributed by atoms with Gasteiger partial charge in [0.2, 0.25) is 5.91 Å². The molecule has 1 saturated heterocycles. The van der Waals surface area contributed by atoms with Crippen LogP contribution in [0.3, 0.4) is 0 Å². The largest absolute Gasteiger partial charge is 0.488 e. The van der Waals surface area contributed by atoms with Gasteiger partial charge in [0.15, 0.2) is 11.6 Å². The minimum atomic E-state index is -0.776. The molecular formula is C16H22F2N2O3. The van der Waals surface area contributed by atoms with E-state index in [2.05, 4.69) is 5.32 Å². The van der Waals surface area contributed by atoms with E-state index in [1.807, 2.05) is 0 Å². The number of nitrogens with one attached hydrogen (secondary N) is 1. The van der Waals surface area contributed by atoms with Crippen LogP contribution in [-0.2, 0) is 9.53 Å². The number of hydrogen-bond donors (Lipinski definition) is 2. The van der Waals surface area contributed by atoms with Crippen LogP contribution in [-0.4, -0.2) is 37.8 Å². The van der Waals surface area contributed by atoms with Crippen molar-refractivity contribution in [3.63, 3.8) is 0 Å². The van der Waals surface area contributed by atoms with Crippen LogP contribution in [0.25, 0.3) is 0 Å². The Hall–Kier alpha value is -1.73. The van der Waals surface area contributed by atoms with Gasteiger partial charge in [0, 0.05) is 19.3 Å². The van der Waals surface area contributed by atoms with Crippen molar-refractivity contribution < 1.29 is 23.0 Å². The number of benzene rings is 1. The molecule has 1 aliphatic heterocycles. The molecule has 0 bridgehead atoms. The second-order valence-corrected chi connectivity index (χ2v) is 5.77. The number of halogens is 2. The van der Waals surface area contributed by atoms with Gasteiger partial charge in [-0.1, -0.05) is 0 Å². The Morgan fingerprint density at radius 2 is 2.13 bits per heavy atom. The van der Waals surface area contributed by atoms with Crippen molar-refractivity contribution in [1.82, 2.24) is 5.32 Å². The third-order valence-electron chi connectivity index (χ3n) is 3.85. The lowest BCUT2D eigenvalue weighted by Gasteiger charge is -2.27. The summed E-state index contributed by atoms with van der Waals surface area (Å²) in [7, 11) is 0. The Kier molecular flexibility index (Phi) is 6.29. The zero-order chi connectivity index (χ0) is 16.8. The smallest absolute Gasteiger partial charge is 0.237 e. The van der Waals surface area contributed by atoms with Crippen LogP contribution in [0.4, 0.5) is 8.78 Å². The molecule has 0 radical (unpaired) electrons. The Balaban J connectivity index is 1.79. The van der Waals surface area contributed by atoms with E-state index in [1.54, 1.807) is 6.92 Å². The summed E-state index contributed by atoms with van der Waals surface area (Å²) in [5.41, 5.74) is 5.98. The molecule has 1 amide bonds. The highest BCUT2D eigenvalue weighted by atomic mass is 19.1. The fourth-order valence-corrected chi connectivity index (χ4v) is 2.48. The predicted octanol–water partition coefficient (Wildman–Crippen LogP) is 1.60. The van der Waals surface area contributed by atoms with Crippen LogP contribution in [0.2, 0.25) is 0 Å². The maximum absolute atomic E-state index is 13.5. The van der Waals surface area contributed by atoms with Gasteiger partial charge < -0.3 is 20.5 Å². The number of carbonyl (C=O) groups excluding carboxylic acids is 1. The molecular weight excluding hydrogens is 306 g/mol. The lowest BCUT2D eigenvalue weighted by molar-refractivity contribution is -0.125. The Morgan fingerprint density at radius 3 is 2.78 bits per heavy atom. The number of ether oxygens (including phenoxy) is 2. The number of amides is 1. The standard InChI is InChI=1S/C16H22F2N2O3/c1-10(9-23-14-3-2-12(17)8-13(14)18)20-16(21)15(19)11-4-6-22-7-5-11/h2-3,8,10-11,15H,4-7,9,19H2,1H3,(H,20,21). The fourth-order valence-electron chi connectivity index (χ4n) is 2.48. The van der Waals surface area contributed by atoms with Crippen molar-refractivity contribution in [2.45, 2.75) is 31.8 Å². The third-order valence-corrected chi connectivity index (χ3v) is 3.85. The normalized spacial score (nSPS) is 18.3. The maximum Gasteiger partial charge on any atom is 0.237 e. The molecule has 2 rings (SSSR count). The summed E-state index contributed by atoms with van der Waals surface area (Å²) in [4.78, 5) is 12.1. The molecule has 1 aromatic carbocycles. The van der Waals surface area contributed by atoms with E-state index < -0.39 is 17.7 Å². The molecule has 7 heteroatoms. The second kappa shape index (κ2) is 8.21. The molecule has 1 aliphatic rings. The van der Waals surface area contributed by atoms with Crippen LogP contribution in [0.5, 0.6) is 5.75 Å². The van der Waals surface area contributed by atoms with E-state index in [4.69, 9.17) is 15.2 Å². The summed E-state index contributed by atoms with van der Waals surface area (Å²) >= 11 is 0. The molecule has 5 nitrogen and oxygen atoms in total. The second-order valence-electron chi connectivity index (χ2n) is 5.77. The van der Waals surface area contributed by atoms with Crippen LogP contribution < -0.4 is 15.8 Å². The van der Waals surface area contributed by atoms with Crippen LogP contribution in [0.15, 0.2) is 18.2 Å². The first-order valence-electron chi connectivity index (χ1n) is 7.69. The van der Waals surface area contributed by atoms with Crippen LogP contribution in [0.1, 0.15) is 19.8 Å². The van der Waals surface area contributed by atoms with Crippen molar-refractivity contribution in [2.75, 3.05) is 19.8 Å². The van der Waals surface area contributed by atoms with Crippen LogP contribution >= 0.6 is 0 Å². The van der Waals surface area contributed by atoms with Gasteiger partial charge in [-0.3, -0.25) is 4.79 Å². The molecule has 0 aliphatic carbocycles. The van der Waals surface area contributed by atoms with E-state index in [0.29, 0.717) is 13.2 Å². The van der Waals surface area contributed by atoms with Crippen molar-refractivity contribution in [2.24, 2.45) is 11.7 Å². The zero-order valence-corrected chi connectivity index (χ0v) is 13.1. The van der Waals surface area contributed by atoms with Gasteiger partial charge in [0.1, 0.15) is 12.4 Å². The highest BCUT2D eigenvalue weighted by Gasteiger charge is 2.27. The minimum Gasteiger partial charge on any atom is -0.488 e. The molecule has 0 aromatic heterocycles. The fraction of sp³-hybridized carbons (Fsp3) is 0.562. The molecule has 1 aromatic rings. The number of rotatable bonds is 6. The van der Waals surface area contributed by atoms with Gasteiger partial charge in [0.05, 0.1) is 12.1 Å². The molecule has 0 saturated carbocycles. The predicted molar refractivity (Wildman–Crippen MR) is 81.0 cm³/mol. The molecule has 2 unspecified atom stereocenters. The Labute approximate surface area is 134 Å². The first kappa shape index (κ1) is 17.6. The average Bonchev–Trinajstić information content (AvgIpc) is 2.54. The SMILES string of the molecule is CC(COc1ccc(F)cc1F)NC(=O)C(N)C1CCOCC1. The monoisotopic (exact) mass is 328 g/mol. The lowest BCUT2D eigenvalue weighted by atomic mass is 9.92. The molecule has 0 spiro atoms. The quantitative estimate of drug-likeness (QED) is 0.832. The number of nitrogens with two attached hydrogens (primary N) is 1. The van der Waals surface area contributed by atoms with E-state index >= 15 is 0 Å². The van der Waals surface area contributed by atoms with Gasteiger partial charge in [-0.15, -0.1) is 0 Å². The maximum atomic E-state index is 13.5. The molecule has 2 atom stereocenters. The third kappa shape index (κ3) is 5.14. The van der Waals surface area contributed by atoms with Gasteiger partial charge in [-0.05, 0) is 37.8 Å². The van der Waals surface area contributed by atoms with Crippen molar-refractivity contribution in [3.8, 4) is 5.75 Å². The summed E-state index contributed by atoms with van der Waals surface area (Å²) in [6.45, 7) is 3.03. The number of hydrogen-bond acceptors (Lipinski definition) is 4. The molecule has 128 valence electrons. The average molecular weight is 328 g/mol. The summed E-state index contributed by atoms with van der Waals surface area (Å²) in [6.07, 6.45) is 1.53. The molecule has 3 N–H and O–H groups in total. The van der Waals surface area contributed by atoms with Gasteiger partial charge in [-0.25, -0.2) is 8.78 Å². The van der Waals surface area contributed by atoms with Gasteiger partial charge in [-0.2, -0.15) is 0 Å². The summed E-state index contributed by atoms with van der Waals surface area (Å²) in [6, 6.07) is 2.14. The minimum absolute atomic E-state index is 0.0544. The molecule has 23 heavy (non-hydrogen) atoms. The summed E-state index contributed by atoms with van der Waals surface area (Å²) in [5.74, 6) is -1.65. The van der Waals surface area contributed by atoms with Crippen molar-refractivity contribution in [1.29, 1.82) is 0 Å². The summed E-state index contributed by atoms with van der Waals surface area (Å²) < 4.78 is 36.8. The van der Waals surface area contributed by atoms with E-state index in [9.17, 15) is 13.6 Å². The first-order chi connectivity index (χ1) is 11.0. The van der Waals surface area contributed by atoms with Gasteiger partial charge >= 0.3 is 0 Å². The van der Waals surface area contributed by atoms with Crippen molar-refractivity contribution >= 4 is 5.91 Å². The Bertz CT molecular complexity index is 536. The topological polar surface area (TPSA) is 73.6 Å². The van der Waals surface area contributed by atoms with Gasteiger partial charge in [0.25, 0.3) is 0 Å². The first-order valence-corrected chi connectivity index (χ1v) is 7.69. The highest BCUT2D eigenvalue weighted by molar-refractivity contribution is 5.82. The zero-order valence-electron chi connectivity index (χ0n) is 13.1. The molecule has 1 heterocycles. The van der Waals surface area contributed by atoms with E-state index in [0.717, 1.165) is 25.0 Å². The van der Waals surface area contributed by atoms with Crippen LogP contribution in [0, 0.1) is 17.6 Å². The summed E-state index contributed by atoms with van der Waals surface area (Å²) in [5, 5.41) is 2.75. The highest BCUT2D eigenvalue weighted by Crippen LogP contribution is 2.19. The van der Waals surface area contributed by atoms with Crippen molar-refractivity contribution in [3.05, 3.63) is 29.8 Å². The van der Waals surface area contributed by atoms with E-state index in [-0.39, 0.29) is 30.2 Å². The lowest BCUT2D eigenvalue weighted by Crippen LogP contribution is -2.50.